The highest BCUT2D eigenvalue weighted by atomic mass is 16.1. The zero-order valence-corrected chi connectivity index (χ0v) is 10.9. The van der Waals surface area contributed by atoms with Crippen molar-refractivity contribution in [3.05, 3.63) is 60.0 Å². The van der Waals surface area contributed by atoms with E-state index < -0.39 is 0 Å². The second kappa shape index (κ2) is 4.88. The monoisotopic (exact) mass is 250 g/mol. The predicted octanol–water partition coefficient (Wildman–Crippen LogP) is 3.81. The lowest BCUT2D eigenvalue weighted by Crippen LogP contribution is -2.05. The van der Waals surface area contributed by atoms with Gasteiger partial charge in [0, 0.05) is 12.6 Å². The third-order valence-electron chi connectivity index (χ3n) is 3.49. The molecular formula is C17H16NO. The molecule has 95 valence electrons. The number of anilines is 1. The van der Waals surface area contributed by atoms with Gasteiger partial charge in [-0.2, -0.15) is 0 Å². The van der Waals surface area contributed by atoms with E-state index in [1.54, 1.807) is 0 Å². The smallest absolute Gasteiger partial charge is 0.221 e. The van der Waals surface area contributed by atoms with E-state index in [4.69, 9.17) is 0 Å². The Bertz CT molecular complexity index is 614. The van der Waals surface area contributed by atoms with Gasteiger partial charge >= 0.3 is 0 Å². The van der Waals surface area contributed by atoms with Crippen molar-refractivity contribution in [1.29, 1.82) is 0 Å². The number of nitrogens with one attached hydrogen (secondary N) is 1. The third-order valence-corrected chi connectivity index (χ3v) is 3.49. The summed E-state index contributed by atoms with van der Waals surface area (Å²) in [6.45, 7) is 1.52. The summed E-state index contributed by atoms with van der Waals surface area (Å²) in [5, 5.41) is 2.79. The van der Waals surface area contributed by atoms with Gasteiger partial charge in [0.25, 0.3) is 0 Å². The summed E-state index contributed by atoms with van der Waals surface area (Å²) in [4.78, 5) is 11.0. The van der Waals surface area contributed by atoms with Crippen molar-refractivity contribution >= 4 is 11.6 Å². The second-order valence-electron chi connectivity index (χ2n) is 4.87. The first kappa shape index (κ1) is 12.0. The Morgan fingerprint density at radius 2 is 1.89 bits per heavy atom. The number of carbonyl (C=O) groups excluding carboxylic acids is 1. The fraction of sp³-hybridized carbons (Fsp3) is 0.176. The number of hydrogen-bond acceptors (Lipinski definition) is 1. The first-order chi connectivity index (χ1) is 9.24. The molecule has 2 heteroatoms. The van der Waals surface area contributed by atoms with Crippen LogP contribution in [0.2, 0.25) is 0 Å². The van der Waals surface area contributed by atoms with Gasteiger partial charge in [-0.3, -0.25) is 4.79 Å². The van der Waals surface area contributed by atoms with Crippen molar-refractivity contribution in [3.63, 3.8) is 0 Å². The maximum atomic E-state index is 11.0. The van der Waals surface area contributed by atoms with E-state index in [2.05, 4.69) is 42.1 Å². The number of amides is 1. The van der Waals surface area contributed by atoms with Crippen molar-refractivity contribution < 1.29 is 4.79 Å². The lowest BCUT2D eigenvalue weighted by Gasteiger charge is -2.09. The standard InChI is InChI=1S/C17H16NO/c1-12(19)18-15-10-8-14(9-11-15)17-7-3-5-13-4-2-6-16(13)17/h3-5,7-11H,2,6H2,1H3,(H,18,19). The van der Waals surface area contributed by atoms with E-state index in [0.29, 0.717) is 0 Å². The number of benzene rings is 2. The molecule has 1 aliphatic rings. The maximum Gasteiger partial charge on any atom is 0.221 e. The maximum absolute atomic E-state index is 11.0. The van der Waals surface area contributed by atoms with Crippen LogP contribution in [0.5, 0.6) is 0 Å². The fourth-order valence-electron chi connectivity index (χ4n) is 2.65. The summed E-state index contributed by atoms with van der Waals surface area (Å²) in [5.74, 6) is -0.0389. The summed E-state index contributed by atoms with van der Waals surface area (Å²) < 4.78 is 0. The molecule has 2 aromatic rings. The fourth-order valence-corrected chi connectivity index (χ4v) is 2.65. The van der Waals surface area contributed by atoms with E-state index in [1.807, 2.05) is 12.1 Å². The number of carbonyl (C=O) groups is 1. The van der Waals surface area contributed by atoms with Crippen molar-refractivity contribution in [1.82, 2.24) is 0 Å². The van der Waals surface area contributed by atoms with Crippen LogP contribution in [0.3, 0.4) is 0 Å². The zero-order chi connectivity index (χ0) is 13.2. The molecule has 0 heterocycles. The number of fused-ring (bicyclic) bond motifs is 1. The van der Waals surface area contributed by atoms with E-state index in [1.165, 1.54) is 29.2 Å². The lowest BCUT2D eigenvalue weighted by molar-refractivity contribution is -0.114. The molecule has 0 saturated carbocycles. The van der Waals surface area contributed by atoms with Gasteiger partial charge in [-0.1, -0.05) is 30.3 Å². The molecule has 1 N–H and O–H groups in total. The van der Waals surface area contributed by atoms with Crippen LogP contribution in [0.25, 0.3) is 11.1 Å². The quantitative estimate of drug-likeness (QED) is 0.862. The van der Waals surface area contributed by atoms with Crippen LogP contribution in [-0.2, 0) is 11.2 Å². The normalized spacial score (nSPS) is 13.1. The van der Waals surface area contributed by atoms with Crippen molar-refractivity contribution in [3.8, 4) is 11.1 Å². The van der Waals surface area contributed by atoms with Gasteiger partial charge in [-0.25, -0.2) is 0 Å². The molecule has 2 aromatic carbocycles. The Kier molecular flexibility index (Phi) is 3.08. The third kappa shape index (κ3) is 2.39. The molecule has 0 aliphatic heterocycles. The van der Waals surface area contributed by atoms with Crippen LogP contribution in [0.4, 0.5) is 5.69 Å². The lowest BCUT2D eigenvalue weighted by atomic mass is 9.97. The number of hydrogen-bond donors (Lipinski definition) is 1. The minimum atomic E-state index is -0.0389. The number of rotatable bonds is 2. The van der Waals surface area contributed by atoms with Crippen LogP contribution in [0.15, 0.2) is 42.5 Å². The average Bonchev–Trinajstić information content (AvgIpc) is 2.87. The molecule has 1 amide bonds. The molecule has 1 radical (unpaired) electrons. The summed E-state index contributed by atoms with van der Waals surface area (Å²) in [6.07, 6.45) is 4.56. The van der Waals surface area contributed by atoms with Crippen molar-refractivity contribution in [2.45, 2.75) is 19.8 Å². The van der Waals surface area contributed by atoms with Gasteiger partial charge in [0.2, 0.25) is 5.91 Å². The van der Waals surface area contributed by atoms with Crippen LogP contribution in [-0.4, -0.2) is 5.91 Å². The Labute approximate surface area is 113 Å². The summed E-state index contributed by atoms with van der Waals surface area (Å²) in [6, 6.07) is 14.5. The summed E-state index contributed by atoms with van der Waals surface area (Å²) in [7, 11) is 0. The zero-order valence-electron chi connectivity index (χ0n) is 10.9. The summed E-state index contributed by atoms with van der Waals surface area (Å²) in [5.41, 5.74) is 6.16. The van der Waals surface area contributed by atoms with E-state index in [9.17, 15) is 4.79 Å². The molecule has 0 fully saturated rings. The minimum Gasteiger partial charge on any atom is -0.326 e. The van der Waals surface area contributed by atoms with Gasteiger partial charge in [-0.05, 0) is 53.6 Å². The molecule has 0 saturated heterocycles. The first-order valence-electron chi connectivity index (χ1n) is 6.57. The Hall–Kier alpha value is -2.09. The first-order valence-corrected chi connectivity index (χ1v) is 6.57. The van der Waals surface area contributed by atoms with E-state index in [-0.39, 0.29) is 5.91 Å². The molecular weight excluding hydrogens is 234 g/mol. The van der Waals surface area contributed by atoms with Gasteiger partial charge < -0.3 is 5.32 Å². The Balaban J connectivity index is 1.95. The Morgan fingerprint density at radius 3 is 2.63 bits per heavy atom. The SMILES string of the molecule is CC(=O)Nc1ccc(-c2cccc3c2CC[CH]3)cc1. The molecule has 2 nitrogen and oxygen atoms in total. The highest BCUT2D eigenvalue weighted by Gasteiger charge is 2.15. The molecule has 1 aliphatic carbocycles. The highest BCUT2D eigenvalue weighted by molar-refractivity contribution is 5.89. The van der Waals surface area contributed by atoms with Crippen molar-refractivity contribution in [2.24, 2.45) is 0 Å². The highest BCUT2D eigenvalue weighted by Crippen LogP contribution is 2.33. The largest absolute Gasteiger partial charge is 0.326 e. The molecule has 0 atom stereocenters. The average molecular weight is 250 g/mol. The Morgan fingerprint density at radius 1 is 1.11 bits per heavy atom. The molecule has 19 heavy (non-hydrogen) atoms. The van der Waals surface area contributed by atoms with Gasteiger partial charge in [-0.15, -0.1) is 0 Å². The van der Waals surface area contributed by atoms with E-state index >= 15 is 0 Å². The topological polar surface area (TPSA) is 29.1 Å². The van der Waals surface area contributed by atoms with E-state index in [0.717, 1.165) is 18.5 Å². The molecule has 0 bridgehead atoms. The van der Waals surface area contributed by atoms with Gasteiger partial charge in [0.05, 0.1) is 0 Å². The summed E-state index contributed by atoms with van der Waals surface area (Å²) >= 11 is 0. The molecule has 3 rings (SSSR count). The van der Waals surface area contributed by atoms with Gasteiger partial charge in [0.1, 0.15) is 0 Å². The van der Waals surface area contributed by atoms with Crippen LogP contribution in [0, 0.1) is 6.42 Å². The molecule has 0 spiro atoms. The molecule has 0 unspecified atom stereocenters. The minimum absolute atomic E-state index is 0.0389. The molecule has 0 aromatic heterocycles. The van der Waals surface area contributed by atoms with Crippen LogP contribution >= 0.6 is 0 Å². The predicted molar refractivity (Wildman–Crippen MR) is 77.9 cm³/mol. The van der Waals surface area contributed by atoms with Crippen LogP contribution in [0.1, 0.15) is 24.5 Å². The van der Waals surface area contributed by atoms with Crippen molar-refractivity contribution in [2.75, 3.05) is 5.32 Å². The second-order valence-corrected chi connectivity index (χ2v) is 4.87. The van der Waals surface area contributed by atoms with Crippen LogP contribution < -0.4 is 5.32 Å². The van der Waals surface area contributed by atoms with Gasteiger partial charge in [0.15, 0.2) is 0 Å².